The highest BCUT2D eigenvalue weighted by atomic mass is 31.0. The third-order valence-electron chi connectivity index (χ3n) is 2.22. The molecule has 2 unspecified atom stereocenters. The summed E-state index contributed by atoms with van der Waals surface area (Å²) in [5.74, 6) is 0.861. The maximum absolute atomic E-state index is 11.2. The summed E-state index contributed by atoms with van der Waals surface area (Å²) in [6, 6.07) is 0. The lowest BCUT2D eigenvalue weighted by molar-refractivity contribution is -0.122. The number of rotatable bonds is 1. The van der Waals surface area contributed by atoms with Crippen molar-refractivity contribution < 1.29 is 4.79 Å². The van der Waals surface area contributed by atoms with Crippen LogP contribution in [-0.4, -0.2) is 11.9 Å². The van der Waals surface area contributed by atoms with Crippen LogP contribution in [0.1, 0.15) is 32.1 Å². The molecular weight excluding hydrogens is 143 g/mol. The smallest absolute Gasteiger partial charge is 0.136 e. The van der Waals surface area contributed by atoms with Crippen LogP contribution in [0.5, 0.6) is 0 Å². The standard InChI is InChI=1S/C8H15OP/c9-8-5-3-1-2-4-7(8)6-10/h7H,1-6,10H2. The van der Waals surface area contributed by atoms with E-state index in [2.05, 4.69) is 9.24 Å². The van der Waals surface area contributed by atoms with Crippen LogP contribution < -0.4 is 0 Å². The summed E-state index contributed by atoms with van der Waals surface area (Å²) in [6.07, 6.45) is 6.57. The van der Waals surface area contributed by atoms with Crippen molar-refractivity contribution in [3.8, 4) is 0 Å². The lowest BCUT2D eigenvalue weighted by Crippen LogP contribution is -2.13. The number of hydrogen-bond donors (Lipinski definition) is 0. The van der Waals surface area contributed by atoms with E-state index in [1.54, 1.807) is 0 Å². The number of ketones is 1. The molecule has 0 spiro atoms. The zero-order valence-electron chi connectivity index (χ0n) is 6.31. The first-order chi connectivity index (χ1) is 4.84. The molecule has 10 heavy (non-hydrogen) atoms. The fourth-order valence-corrected chi connectivity index (χ4v) is 1.98. The van der Waals surface area contributed by atoms with E-state index >= 15 is 0 Å². The third kappa shape index (κ3) is 2.05. The molecule has 2 atom stereocenters. The van der Waals surface area contributed by atoms with Crippen molar-refractivity contribution >= 4 is 15.0 Å². The molecule has 1 fully saturated rings. The lowest BCUT2D eigenvalue weighted by atomic mass is 10.0. The Morgan fingerprint density at radius 1 is 1.40 bits per heavy atom. The Hall–Kier alpha value is 0.100. The predicted octanol–water partition coefficient (Wildman–Crippen LogP) is 2.01. The van der Waals surface area contributed by atoms with Gasteiger partial charge in [0.2, 0.25) is 0 Å². The van der Waals surface area contributed by atoms with Gasteiger partial charge in [-0.1, -0.05) is 12.8 Å². The summed E-state index contributed by atoms with van der Waals surface area (Å²) < 4.78 is 0. The first-order valence-corrected chi connectivity index (χ1v) is 4.89. The zero-order chi connectivity index (χ0) is 7.40. The number of Topliss-reactive ketones (excluding diaryl/α,β-unsaturated/α-hetero) is 1. The predicted molar refractivity (Wildman–Crippen MR) is 46.2 cm³/mol. The minimum absolute atomic E-state index is 0.368. The van der Waals surface area contributed by atoms with Gasteiger partial charge in [0.1, 0.15) is 5.78 Å². The van der Waals surface area contributed by atoms with Crippen LogP contribution in [0.2, 0.25) is 0 Å². The Kier molecular flexibility index (Phi) is 3.34. The first-order valence-electron chi connectivity index (χ1n) is 4.07. The Bertz CT molecular complexity index is 122. The van der Waals surface area contributed by atoms with Crippen LogP contribution in [0.25, 0.3) is 0 Å². The maximum atomic E-state index is 11.2. The molecule has 58 valence electrons. The second-order valence-electron chi connectivity index (χ2n) is 3.00. The molecule has 0 aliphatic heterocycles. The SMILES string of the molecule is O=C1CCCCCC1CP. The molecule has 0 N–H and O–H groups in total. The number of carbonyl (C=O) groups excluding carboxylic acids is 1. The van der Waals surface area contributed by atoms with Crippen LogP contribution in [0.3, 0.4) is 0 Å². The van der Waals surface area contributed by atoms with Crippen LogP contribution in [-0.2, 0) is 4.79 Å². The van der Waals surface area contributed by atoms with Crippen LogP contribution >= 0.6 is 9.24 Å². The molecule has 1 nitrogen and oxygen atoms in total. The summed E-state index contributed by atoms with van der Waals surface area (Å²) in [7, 11) is 2.67. The summed E-state index contributed by atoms with van der Waals surface area (Å²) in [6.45, 7) is 0. The molecule has 0 radical (unpaired) electrons. The van der Waals surface area contributed by atoms with Gasteiger partial charge in [-0.25, -0.2) is 0 Å². The van der Waals surface area contributed by atoms with Gasteiger partial charge < -0.3 is 0 Å². The maximum Gasteiger partial charge on any atom is 0.136 e. The van der Waals surface area contributed by atoms with E-state index in [1.807, 2.05) is 0 Å². The fraction of sp³-hybridized carbons (Fsp3) is 0.875. The van der Waals surface area contributed by atoms with Crippen molar-refractivity contribution in [3.63, 3.8) is 0 Å². The Balaban J connectivity index is 2.43. The minimum Gasteiger partial charge on any atom is -0.299 e. The third-order valence-corrected chi connectivity index (χ3v) is 2.78. The largest absolute Gasteiger partial charge is 0.299 e. The summed E-state index contributed by atoms with van der Waals surface area (Å²) in [5.41, 5.74) is 0. The molecule has 0 saturated heterocycles. The quantitative estimate of drug-likeness (QED) is 0.421. The van der Waals surface area contributed by atoms with Gasteiger partial charge in [-0.05, 0) is 19.0 Å². The van der Waals surface area contributed by atoms with Crippen LogP contribution in [0, 0.1) is 5.92 Å². The van der Waals surface area contributed by atoms with Crippen molar-refractivity contribution in [1.82, 2.24) is 0 Å². The van der Waals surface area contributed by atoms with Gasteiger partial charge in [-0.3, -0.25) is 4.79 Å². The highest BCUT2D eigenvalue weighted by molar-refractivity contribution is 7.16. The van der Waals surface area contributed by atoms with Gasteiger partial charge in [-0.15, -0.1) is 9.24 Å². The van der Waals surface area contributed by atoms with Crippen molar-refractivity contribution in [2.24, 2.45) is 5.92 Å². The number of carbonyl (C=O) groups is 1. The van der Waals surface area contributed by atoms with Gasteiger partial charge in [-0.2, -0.15) is 0 Å². The Morgan fingerprint density at radius 2 is 2.20 bits per heavy atom. The van der Waals surface area contributed by atoms with Gasteiger partial charge in [0.25, 0.3) is 0 Å². The lowest BCUT2D eigenvalue weighted by Gasteiger charge is -2.07. The minimum atomic E-state index is 0.368. The molecule has 0 aromatic rings. The number of hydrogen-bond acceptors (Lipinski definition) is 1. The summed E-state index contributed by atoms with van der Waals surface area (Å²) >= 11 is 0. The molecule has 1 aliphatic carbocycles. The van der Waals surface area contributed by atoms with Gasteiger partial charge in [0, 0.05) is 12.3 Å². The molecule has 0 aromatic heterocycles. The average molecular weight is 158 g/mol. The van der Waals surface area contributed by atoms with E-state index < -0.39 is 0 Å². The van der Waals surface area contributed by atoms with Crippen molar-refractivity contribution in [2.45, 2.75) is 32.1 Å². The second-order valence-corrected chi connectivity index (χ2v) is 3.47. The van der Waals surface area contributed by atoms with Crippen LogP contribution in [0.15, 0.2) is 0 Å². The van der Waals surface area contributed by atoms with E-state index in [9.17, 15) is 4.79 Å². The van der Waals surface area contributed by atoms with E-state index in [-0.39, 0.29) is 0 Å². The average Bonchev–Trinajstić information content (AvgIpc) is 2.13. The normalized spacial score (nSPS) is 28.1. The molecule has 1 aliphatic rings. The van der Waals surface area contributed by atoms with Crippen LogP contribution in [0.4, 0.5) is 0 Å². The van der Waals surface area contributed by atoms with E-state index in [4.69, 9.17) is 0 Å². The van der Waals surface area contributed by atoms with Crippen molar-refractivity contribution in [2.75, 3.05) is 6.16 Å². The van der Waals surface area contributed by atoms with E-state index in [1.165, 1.54) is 12.8 Å². The summed E-state index contributed by atoms with van der Waals surface area (Å²) in [4.78, 5) is 11.2. The molecule has 1 rings (SSSR count). The van der Waals surface area contributed by atoms with Crippen molar-refractivity contribution in [3.05, 3.63) is 0 Å². The first kappa shape index (κ1) is 8.20. The van der Waals surface area contributed by atoms with Gasteiger partial charge in [0.05, 0.1) is 0 Å². The Labute approximate surface area is 64.8 Å². The monoisotopic (exact) mass is 158 g/mol. The van der Waals surface area contributed by atoms with Crippen molar-refractivity contribution in [1.29, 1.82) is 0 Å². The fourth-order valence-electron chi connectivity index (χ4n) is 1.48. The molecule has 2 heteroatoms. The topological polar surface area (TPSA) is 17.1 Å². The highest BCUT2D eigenvalue weighted by Gasteiger charge is 2.17. The molecule has 0 heterocycles. The molecule has 0 bridgehead atoms. The van der Waals surface area contributed by atoms with Gasteiger partial charge in [0.15, 0.2) is 0 Å². The highest BCUT2D eigenvalue weighted by Crippen LogP contribution is 2.21. The molecule has 0 aromatic carbocycles. The Morgan fingerprint density at radius 3 is 2.90 bits per heavy atom. The second kappa shape index (κ2) is 4.08. The molecule has 1 saturated carbocycles. The molecular formula is C8H15OP. The van der Waals surface area contributed by atoms with Gasteiger partial charge >= 0.3 is 0 Å². The summed E-state index contributed by atoms with van der Waals surface area (Å²) in [5, 5.41) is 0. The van der Waals surface area contributed by atoms with E-state index in [0.29, 0.717) is 11.7 Å². The molecule has 0 amide bonds. The zero-order valence-corrected chi connectivity index (χ0v) is 7.46. The van der Waals surface area contributed by atoms with E-state index in [0.717, 1.165) is 25.4 Å².